The Hall–Kier alpha value is -2.52. The van der Waals surface area contributed by atoms with Crippen LogP contribution in [0.1, 0.15) is 12.7 Å². The summed E-state index contributed by atoms with van der Waals surface area (Å²) in [5.74, 6) is 0.787. The number of sulfonamides is 1. The molecule has 2 N–H and O–H groups in total. The maximum atomic E-state index is 12.4. The van der Waals surface area contributed by atoms with Crippen molar-refractivity contribution in [1.29, 1.82) is 0 Å². The lowest BCUT2D eigenvalue weighted by Crippen LogP contribution is -2.44. The highest BCUT2D eigenvalue weighted by molar-refractivity contribution is 7.89. The first-order valence-electron chi connectivity index (χ1n) is 7.42. The Bertz CT molecular complexity index is 817. The first-order valence-corrected chi connectivity index (χ1v) is 8.90. The number of carbonyl (C=O) groups is 1. The van der Waals surface area contributed by atoms with Crippen LogP contribution >= 0.6 is 0 Å². The molecule has 0 fully saturated rings. The van der Waals surface area contributed by atoms with E-state index in [-0.39, 0.29) is 17.2 Å². The highest BCUT2D eigenvalue weighted by Gasteiger charge is 2.23. The lowest BCUT2D eigenvalue weighted by Gasteiger charge is -2.15. The second-order valence-electron chi connectivity index (χ2n) is 5.16. The number of nitrogens with one attached hydrogen (secondary N) is 2. The number of hydrogen-bond donors (Lipinski definition) is 2. The molecule has 1 atom stereocenters. The highest BCUT2D eigenvalue weighted by atomic mass is 32.2. The molecule has 8 nitrogen and oxygen atoms in total. The number of rotatable bonds is 8. The normalized spacial score (nSPS) is 12.4. The predicted molar refractivity (Wildman–Crippen MR) is 89.9 cm³/mol. The van der Waals surface area contributed by atoms with E-state index in [9.17, 15) is 13.2 Å². The summed E-state index contributed by atoms with van der Waals surface area (Å²) in [6, 6.07) is 6.62. The van der Waals surface area contributed by atoms with Crippen LogP contribution in [0, 0.1) is 0 Å². The van der Waals surface area contributed by atoms with Crippen LogP contribution < -0.4 is 19.5 Å². The zero-order valence-electron chi connectivity index (χ0n) is 14.1. The van der Waals surface area contributed by atoms with Crippen molar-refractivity contribution < 1.29 is 27.1 Å². The first-order chi connectivity index (χ1) is 11.9. The van der Waals surface area contributed by atoms with Gasteiger partial charge in [-0.2, -0.15) is 4.72 Å². The number of ether oxygens (including phenoxy) is 2. The fraction of sp³-hybridized carbons (Fsp3) is 0.312. The lowest BCUT2D eigenvalue weighted by molar-refractivity contribution is -0.122. The zero-order chi connectivity index (χ0) is 18.4. The molecule has 25 heavy (non-hydrogen) atoms. The molecule has 0 bridgehead atoms. The van der Waals surface area contributed by atoms with Crippen LogP contribution in [0.25, 0.3) is 0 Å². The van der Waals surface area contributed by atoms with Crippen molar-refractivity contribution in [3.63, 3.8) is 0 Å². The van der Waals surface area contributed by atoms with Gasteiger partial charge in [0.15, 0.2) is 11.5 Å². The molecule has 1 aromatic heterocycles. The third kappa shape index (κ3) is 4.74. The average molecular weight is 368 g/mol. The quantitative estimate of drug-likeness (QED) is 0.727. The van der Waals surface area contributed by atoms with E-state index in [1.54, 1.807) is 12.1 Å². The molecular weight excluding hydrogens is 348 g/mol. The summed E-state index contributed by atoms with van der Waals surface area (Å²) in [6.07, 6.45) is 1.49. The summed E-state index contributed by atoms with van der Waals surface area (Å²) >= 11 is 0. The summed E-state index contributed by atoms with van der Waals surface area (Å²) in [7, 11) is -1.04. The number of amides is 1. The third-order valence-corrected chi connectivity index (χ3v) is 4.95. The zero-order valence-corrected chi connectivity index (χ0v) is 14.9. The van der Waals surface area contributed by atoms with Crippen LogP contribution in [-0.4, -0.2) is 34.6 Å². The van der Waals surface area contributed by atoms with Crippen molar-refractivity contribution in [3.05, 3.63) is 42.4 Å². The van der Waals surface area contributed by atoms with E-state index >= 15 is 0 Å². The van der Waals surface area contributed by atoms with Crippen LogP contribution in [0.3, 0.4) is 0 Å². The Morgan fingerprint density at radius 2 is 1.92 bits per heavy atom. The van der Waals surface area contributed by atoms with Crippen LogP contribution in [0.2, 0.25) is 0 Å². The van der Waals surface area contributed by atoms with Crippen molar-refractivity contribution in [2.24, 2.45) is 0 Å². The van der Waals surface area contributed by atoms with Gasteiger partial charge >= 0.3 is 0 Å². The molecule has 0 aliphatic heterocycles. The minimum atomic E-state index is -3.90. The van der Waals surface area contributed by atoms with E-state index in [1.165, 1.54) is 45.6 Å². The Labute approximate surface area is 146 Å². The minimum Gasteiger partial charge on any atom is -0.493 e. The standard InChI is InChI=1S/C16H20N2O6S/c1-11(16(19)17-10-12-5-4-8-24-12)18-25(20,21)13-6-7-14(22-2)15(9-13)23-3/h4-9,11,18H,10H2,1-3H3,(H,17,19)/t11-/m0/s1. The highest BCUT2D eigenvalue weighted by Crippen LogP contribution is 2.29. The Balaban J connectivity index is 2.05. The van der Waals surface area contributed by atoms with Gasteiger partial charge in [-0.25, -0.2) is 8.42 Å². The van der Waals surface area contributed by atoms with E-state index in [0.717, 1.165) is 0 Å². The maximum Gasteiger partial charge on any atom is 0.241 e. The molecule has 9 heteroatoms. The van der Waals surface area contributed by atoms with Gasteiger partial charge in [-0.1, -0.05) is 0 Å². The molecule has 136 valence electrons. The van der Waals surface area contributed by atoms with Gasteiger partial charge in [0.1, 0.15) is 5.76 Å². The summed E-state index contributed by atoms with van der Waals surface area (Å²) in [4.78, 5) is 12.0. The number of hydrogen-bond acceptors (Lipinski definition) is 6. The average Bonchev–Trinajstić information content (AvgIpc) is 3.12. The van der Waals surface area contributed by atoms with Gasteiger partial charge in [0.05, 0.1) is 38.0 Å². The van der Waals surface area contributed by atoms with Crippen molar-refractivity contribution in [2.75, 3.05) is 14.2 Å². The van der Waals surface area contributed by atoms with Crippen LogP contribution in [0.5, 0.6) is 11.5 Å². The molecule has 0 aliphatic carbocycles. The molecule has 2 aromatic rings. The first kappa shape index (κ1) is 18.8. The Kier molecular flexibility index (Phi) is 6.05. The van der Waals surface area contributed by atoms with Crippen LogP contribution in [0.15, 0.2) is 45.9 Å². The Morgan fingerprint density at radius 1 is 1.20 bits per heavy atom. The fourth-order valence-electron chi connectivity index (χ4n) is 2.08. The molecule has 1 amide bonds. The molecule has 0 aliphatic rings. The van der Waals surface area contributed by atoms with E-state index in [4.69, 9.17) is 13.9 Å². The summed E-state index contributed by atoms with van der Waals surface area (Å²) < 4.78 is 42.5. The van der Waals surface area contributed by atoms with E-state index in [0.29, 0.717) is 11.5 Å². The van der Waals surface area contributed by atoms with Crippen molar-refractivity contribution >= 4 is 15.9 Å². The third-order valence-electron chi connectivity index (χ3n) is 3.41. The predicted octanol–water partition coefficient (Wildman–Crippen LogP) is 1.28. The number of carbonyl (C=O) groups excluding carboxylic acids is 1. The van der Waals surface area contributed by atoms with Gasteiger partial charge in [-0.05, 0) is 31.2 Å². The summed E-state index contributed by atoms with van der Waals surface area (Å²) in [6.45, 7) is 1.63. The molecule has 0 spiro atoms. The molecule has 0 unspecified atom stereocenters. The largest absolute Gasteiger partial charge is 0.493 e. The van der Waals surface area contributed by atoms with Crippen molar-refractivity contribution in [3.8, 4) is 11.5 Å². The van der Waals surface area contributed by atoms with Gasteiger partial charge in [0.25, 0.3) is 0 Å². The summed E-state index contributed by atoms with van der Waals surface area (Å²) in [5, 5.41) is 2.60. The fourth-order valence-corrected chi connectivity index (χ4v) is 3.30. The van der Waals surface area contributed by atoms with Crippen molar-refractivity contribution in [2.45, 2.75) is 24.4 Å². The second kappa shape index (κ2) is 8.04. The Morgan fingerprint density at radius 3 is 2.52 bits per heavy atom. The molecule has 2 rings (SSSR count). The van der Waals surface area contributed by atoms with Gasteiger partial charge in [0.2, 0.25) is 15.9 Å². The summed E-state index contributed by atoms with van der Waals surface area (Å²) in [5.41, 5.74) is 0. The van der Waals surface area contributed by atoms with Gasteiger partial charge < -0.3 is 19.2 Å². The number of furan rings is 1. The van der Waals surface area contributed by atoms with Gasteiger partial charge in [0, 0.05) is 6.07 Å². The molecule has 0 saturated carbocycles. The molecular formula is C16H20N2O6S. The second-order valence-corrected chi connectivity index (χ2v) is 6.87. The van der Waals surface area contributed by atoms with E-state index < -0.39 is 22.0 Å². The number of benzene rings is 1. The monoisotopic (exact) mass is 368 g/mol. The maximum absolute atomic E-state index is 12.4. The lowest BCUT2D eigenvalue weighted by atomic mass is 10.3. The van der Waals surface area contributed by atoms with Gasteiger partial charge in [-0.3, -0.25) is 4.79 Å². The molecule has 1 heterocycles. The molecule has 0 radical (unpaired) electrons. The van der Waals surface area contributed by atoms with Crippen LogP contribution in [-0.2, 0) is 21.4 Å². The molecule has 0 saturated heterocycles. The number of methoxy groups -OCH3 is 2. The smallest absolute Gasteiger partial charge is 0.241 e. The minimum absolute atomic E-state index is 0.0316. The molecule has 1 aromatic carbocycles. The van der Waals surface area contributed by atoms with Gasteiger partial charge in [-0.15, -0.1) is 0 Å². The van der Waals surface area contributed by atoms with E-state index in [2.05, 4.69) is 10.0 Å². The van der Waals surface area contributed by atoms with Crippen LogP contribution in [0.4, 0.5) is 0 Å². The van der Waals surface area contributed by atoms with Crippen molar-refractivity contribution in [1.82, 2.24) is 10.0 Å². The topological polar surface area (TPSA) is 107 Å². The SMILES string of the molecule is COc1ccc(S(=O)(=O)N[C@@H](C)C(=O)NCc2ccco2)cc1OC. The van der Waals surface area contributed by atoms with E-state index in [1.807, 2.05) is 0 Å².